The number of fused-ring (bicyclic) bond motifs is 1. The van der Waals surface area contributed by atoms with Gasteiger partial charge in [0.1, 0.15) is 0 Å². The van der Waals surface area contributed by atoms with E-state index in [-0.39, 0.29) is 30.5 Å². The Hall–Kier alpha value is -3.32. The molecule has 5 N–H and O–H groups in total. The molecule has 7 nitrogen and oxygen atoms in total. The summed E-state index contributed by atoms with van der Waals surface area (Å²) in [5, 5.41) is 0. The highest BCUT2D eigenvalue weighted by Gasteiger charge is 2.30. The average Bonchev–Trinajstić information content (AvgIpc) is 2.63. The predicted octanol–water partition coefficient (Wildman–Crippen LogP) is 1.72. The highest BCUT2D eigenvalue weighted by Crippen LogP contribution is 2.37. The lowest BCUT2D eigenvalue weighted by Crippen LogP contribution is -2.40. The Kier molecular flexibility index (Phi) is 4.90. The SMILES string of the molecule is Cc1ccc(/C=C2/Oc3ccc(N)cc3N(CCC(=O)NN)C2=O)cc1. The van der Waals surface area contributed by atoms with Gasteiger partial charge in [0.15, 0.2) is 11.5 Å². The first-order valence-electron chi connectivity index (χ1n) is 8.15. The van der Waals surface area contributed by atoms with Gasteiger partial charge >= 0.3 is 0 Å². The molecule has 0 unspecified atom stereocenters. The van der Waals surface area contributed by atoms with Crippen molar-refractivity contribution in [1.29, 1.82) is 0 Å². The van der Waals surface area contributed by atoms with Crippen LogP contribution in [0.1, 0.15) is 17.5 Å². The molecule has 2 aromatic carbocycles. The van der Waals surface area contributed by atoms with Crippen LogP contribution >= 0.6 is 0 Å². The van der Waals surface area contributed by atoms with Crippen molar-refractivity contribution in [3.8, 4) is 5.75 Å². The summed E-state index contributed by atoms with van der Waals surface area (Å²) in [5.74, 6) is 5.11. The standard InChI is InChI=1S/C19H20N4O3/c1-12-2-4-13(5-3-12)10-17-19(25)23(9-8-18(24)22-21)15-11-14(20)6-7-16(15)26-17/h2-7,10-11H,8-9,20-21H2,1H3,(H,22,24)/b17-10+. The molecule has 0 aliphatic carbocycles. The van der Waals surface area contributed by atoms with Gasteiger partial charge in [-0.25, -0.2) is 5.84 Å². The van der Waals surface area contributed by atoms with Gasteiger partial charge in [-0.2, -0.15) is 0 Å². The Morgan fingerprint density at radius 2 is 1.96 bits per heavy atom. The summed E-state index contributed by atoms with van der Waals surface area (Å²) in [5.41, 5.74) is 10.9. The van der Waals surface area contributed by atoms with Crippen molar-refractivity contribution in [2.75, 3.05) is 17.2 Å². The zero-order valence-electron chi connectivity index (χ0n) is 14.4. The van der Waals surface area contributed by atoms with E-state index in [9.17, 15) is 9.59 Å². The van der Waals surface area contributed by atoms with Crippen molar-refractivity contribution in [1.82, 2.24) is 5.43 Å². The van der Waals surface area contributed by atoms with Gasteiger partial charge < -0.3 is 15.4 Å². The maximum Gasteiger partial charge on any atom is 0.294 e. The number of rotatable bonds is 4. The fourth-order valence-corrected chi connectivity index (χ4v) is 2.65. The minimum atomic E-state index is -0.362. The van der Waals surface area contributed by atoms with Crippen LogP contribution in [0.2, 0.25) is 0 Å². The number of nitrogens with two attached hydrogens (primary N) is 2. The highest BCUT2D eigenvalue weighted by molar-refractivity contribution is 6.10. The van der Waals surface area contributed by atoms with E-state index in [0.29, 0.717) is 17.1 Å². The number of hydrogen-bond acceptors (Lipinski definition) is 5. The molecule has 3 rings (SSSR count). The Labute approximate surface area is 151 Å². The summed E-state index contributed by atoms with van der Waals surface area (Å²) >= 11 is 0. The second-order valence-electron chi connectivity index (χ2n) is 6.02. The molecule has 0 saturated heterocycles. The van der Waals surface area contributed by atoms with Gasteiger partial charge in [-0.3, -0.25) is 15.0 Å². The topological polar surface area (TPSA) is 111 Å². The van der Waals surface area contributed by atoms with E-state index in [2.05, 4.69) is 5.43 Å². The van der Waals surface area contributed by atoms with Crippen molar-refractivity contribution in [2.45, 2.75) is 13.3 Å². The number of benzene rings is 2. The Morgan fingerprint density at radius 1 is 1.23 bits per heavy atom. The maximum absolute atomic E-state index is 12.9. The summed E-state index contributed by atoms with van der Waals surface area (Å²) in [6, 6.07) is 12.8. The fraction of sp³-hybridized carbons (Fsp3) is 0.158. The van der Waals surface area contributed by atoms with Gasteiger partial charge in [-0.05, 0) is 36.8 Å². The Balaban J connectivity index is 1.96. The first-order chi connectivity index (χ1) is 12.5. The molecule has 0 bridgehead atoms. The third kappa shape index (κ3) is 3.68. The van der Waals surface area contributed by atoms with Crippen molar-refractivity contribution >= 4 is 29.3 Å². The molecule has 1 aliphatic rings. The largest absolute Gasteiger partial charge is 0.449 e. The zero-order chi connectivity index (χ0) is 18.7. The predicted molar refractivity (Wildman–Crippen MR) is 99.9 cm³/mol. The van der Waals surface area contributed by atoms with E-state index < -0.39 is 0 Å². The number of carbonyl (C=O) groups excluding carboxylic acids is 2. The van der Waals surface area contributed by atoms with E-state index in [0.717, 1.165) is 11.1 Å². The third-order valence-corrected chi connectivity index (χ3v) is 4.05. The monoisotopic (exact) mass is 352 g/mol. The van der Waals surface area contributed by atoms with E-state index >= 15 is 0 Å². The summed E-state index contributed by atoms with van der Waals surface area (Å²) < 4.78 is 5.79. The molecule has 0 radical (unpaired) electrons. The molecule has 0 fully saturated rings. The fourth-order valence-electron chi connectivity index (χ4n) is 2.65. The highest BCUT2D eigenvalue weighted by atomic mass is 16.5. The first-order valence-corrected chi connectivity index (χ1v) is 8.15. The van der Waals surface area contributed by atoms with Crippen molar-refractivity contribution < 1.29 is 14.3 Å². The molecule has 0 aromatic heterocycles. The molecule has 7 heteroatoms. The van der Waals surface area contributed by atoms with Crippen LogP contribution in [0, 0.1) is 6.92 Å². The second kappa shape index (κ2) is 7.28. The van der Waals surface area contributed by atoms with Crippen LogP contribution in [0.25, 0.3) is 6.08 Å². The summed E-state index contributed by atoms with van der Waals surface area (Å²) in [6.45, 7) is 2.15. The number of amides is 2. The molecule has 1 aliphatic heterocycles. The minimum absolute atomic E-state index is 0.0638. The number of aryl methyl sites for hydroxylation is 1. The van der Waals surface area contributed by atoms with Gasteiger partial charge in [0.05, 0.1) is 5.69 Å². The zero-order valence-corrected chi connectivity index (χ0v) is 14.4. The quantitative estimate of drug-likeness (QED) is 0.255. The Morgan fingerprint density at radius 3 is 2.65 bits per heavy atom. The van der Waals surface area contributed by atoms with Crippen molar-refractivity contribution in [3.63, 3.8) is 0 Å². The molecule has 0 saturated carbocycles. The van der Waals surface area contributed by atoms with Crippen molar-refractivity contribution in [3.05, 3.63) is 59.4 Å². The molecule has 2 amide bonds. The minimum Gasteiger partial charge on any atom is -0.449 e. The van der Waals surface area contributed by atoms with E-state index in [1.54, 1.807) is 24.3 Å². The van der Waals surface area contributed by atoms with Gasteiger partial charge in [-0.15, -0.1) is 0 Å². The molecule has 0 spiro atoms. The third-order valence-electron chi connectivity index (χ3n) is 4.05. The number of nitrogen functional groups attached to an aromatic ring is 1. The van der Waals surface area contributed by atoms with E-state index in [1.165, 1.54) is 4.90 Å². The van der Waals surface area contributed by atoms with Crippen molar-refractivity contribution in [2.24, 2.45) is 5.84 Å². The van der Waals surface area contributed by atoms with E-state index in [4.69, 9.17) is 16.3 Å². The molecule has 2 aromatic rings. The first kappa shape index (κ1) is 17.5. The smallest absolute Gasteiger partial charge is 0.294 e. The molecule has 26 heavy (non-hydrogen) atoms. The van der Waals surface area contributed by atoms with Crippen LogP contribution in [0.3, 0.4) is 0 Å². The van der Waals surface area contributed by atoms with Crippen LogP contribution in [0.4, 0.5) is 11.4 Å². The number of carbonyl (C=O) groups is 2. The molecular formula is C19H20N4O3. The molecule has 1 heterocycles. The van der Waals surface area contributed by atoms with Crippen LogP contribution in [0.15, 0.2) is 48.2 Å². The second-order valence-corrected chi connectivity index (χ2v) is 6.02. The van der Waals surface area contributed by atoms with Crippen LogP contribution in [-0.4, -0.2) is 18.4 Å². The number of ether oxygens (including phenoxy) is 1. The lowest BCUT2D eigenvalue weighted by molar-refractivity contribution is -0.121. The van der Waals surface area contributed by atoms with Gasteiger partial charge in [0, 0.05) is 18.7 Å². The van der Waals surface area contributed by atoms with Crippen LogP contribution in [0.5, 0.6) is 5.75 Å². The van der Waals surface area contributed by atoms with Gasteiger partial charge in [0.25, 0.3) is 5.91 Å². The van der Waals surface area contributed by atoms with Crippen LogP contribution < -0.4 is 26.6 Å². The lowest BCUT2D eigenvalue weighted by atomic mass is 10.1. The number of hydrazine groups is 1. The molecular weight excluding hydrogens is 332 g/mol. The molecule has 134 valence electrons. The number of nitrogens with zero attached hydrogens (tertiary/aromatic N) is 1. The Bertz CT molecular complexity index is 875. The summed E-state index contributed by atoms with van der Waals surface area (Å²) in [6.07, 6.45) is 1.74. The van der Waals surface area contributed by atoms with Gasteiger partial charge in [-0.1, -0.05) is 29.8 Å². The summed E-state index contributed by atoms with van der Waals surface area (Å²) in [7, 11) is 0. The normalized spacial score (nSPS) is 14.8. The number of anilines is 2. The van der Waals surface area contributed by atoms with Crippen LogP contribution in [-0.2, 0) is 9.59 Å². The number of hydrogen-bond donors (Lipinski definition) is 3. The van der Waals surface area contributed by atoms with E-state index in [1.807, 2.05) is 31.2 Å². The molecule has 0 atom stereocenters. The lowest BCUT2D eigenvalue weighted by Gasteiger charge is -2.30. The maximum atomic E-state index is 12.9. The average molecular weight is 352 g/mol. The number of nitrogens with one attached hydrogen (secondary N) is 1. The van der Waals surface area contributed by atoms with Gasteiger partial charge in [0.2, 0.25) is 5.91 Å². The summed E-state index contributed by atoms with van der Waals surface area (Å²) in [4.78, 5) is 25.9.